The van der Waals surface area contributed by atoms with Crippen LogP contribution in [0, 0.1) is 0 Å². The van der Waals surface area contributed by atoms with Gasteiger partial charge in [0.05, 0.1) is 5.76 Å². The Bertz CT molecular complexity index is 668. The van der Waals surface area contributed by atoms with Crippen molar-refractivity contribution in [1.82, 2.24) is 0 Å². The second-order valence-corrected chi connectivity index (χ2v) is 11.7. The van der Waals surface area contributed by atoms with Crippen LogP contribution in [0.5, 0.6) is 0 Å². The van der Waals surface area contributed by atoms with Crippen LogP contribution < -0.4 is 0 Å². The van der Waals surface area contributed by atoms with Gasteiger partial charge < -0.3 is 4.43 Å². The summed E-state index contributed by atoms with van der Waals surface area (Å²) in [6, 6.07) is 21.6. The van der Waals surface area contributed by atoms with Crippen molar-refractivity contribution in [3.05, 3.63) is 77.5 Å². The number of allylic oxidation sites excluding steroid dienone is 2. The van der Waals surface area contributed by atoms with E-state index in [4.69, 9.17) is 4.43 Å². The third kappa shape index (κ3) is 3.94. The van der Waals surface area contributed by atoms with E-state index in [1.165, 1.54) is 35.3 Å². The first kappa shape index (κ1) is 16.1. The highest BCUT2D eigenvalue weighted by atomic mass is 28.4. The number of benzene rings is 2. The predicted octanol–water partition coefficient (Wildman–Crippen LogP) is 6.22. The summed E-state index contributed by atoms with van der Waals surface area (Å²) in [7, 11) is -1.65. The molecule has 1 aliphatic rings. The molecule has 1 atom stereocenters. The van der Waals surface area contributed by atoms with Crippen molar-refractivity contribution in [2.24, 2.45) is 0 Å². The van der Waals surface area contributed by atoms with E-state index in [2.05, 4.69) is 80.3 Å². The van der Waals surface area contributed by atoms with E-state index in [1.54, 1.807) is 0 Å². The van der Waals surface area contributed by atoms with Crippen LogP contribution in [0.4, 0.5) is 0 Å². The fourth-order valence-corrected chi connectivity index (χ4v) is 4.26. The topological polar surface area (TPSA) is 9.23 Å². The largest absolute Gasteiger partial charge is 0.547 e. The van der Waals surface area contributed by atoms with E-state index >= 15 is 0 Å². The molecule has 2 aromatic carbocycles. The number of hydrogen-bond acceptors (Lipinski definition) is 1. The van der Waals surface area contributed by atoms with Gasteiger partial charge in [-0.25, -0.2) is 0 Å². The summed E-state index contributed by atoms with van der Waals surface area (Å²) in [5, 5.41) is 0. The summed E-state index contributed by atoms with van der Waals surface area (Å²) >= 11 is 0. The lowest BCUT2D eigenvalue weighted by Crippen LogP contribution is -2.28. The fraction of sp³-hybridized carbons (Fsp3) is 0.333. The first-order chi connectivity index (χ1) is 11.0. The van der Waals surface area contributed by atoms with E-state index in [-0.39, 0.29) is 0 Å². The lowest BCUT2D eigenvalue weighted by Gasteiger charge is -2.34. The third-order valence-corrected chi connectivity index (χ3v) is 5.11. The van der Waals surface area contributed by atoms with Crippen molar-refractivity contribution in [3.8, 4) is 0 Å². The molecule has 0 heterocycles. The van der Waals surface area contributed by atoms with E-state index in [9.17, 15) is 0 Å². The van der Waals surface area contributed by atoms with Gasteiger partial charge in [0.2, 0.25) is 8.32 Å². The van der Waals surface area contributed by atoms with Gasteiger partial charge in [0.15, 0.2) is 0 Å². The average Bonchev–Trinajstić information content (AvgIpc) is 2.55. The smallest absolute Gasteiger partial charge is 0.241 e. The van der Waals surface area contributed by atoms with Gasteiger partial charge in [0.25, 0.3) is 0 Å². The molecule has 0 fully saturated rings. The van der Waals surface area contributed by atoms with Gasteiger partial charge in [0.1, 0.15) is 0 Å². The number of rotatable bonds is 4. The molecule has 0 bridgehead atoms. The molecular weight excluding hydrogens is 296 g/mol. The minimum atomic E-state index is -1.65. The summed E-state index contributed by atoms with van der Waals surface area (Å²) in [6.45, 7) is 6.83. The zero-order chi connectivity index (χ0) is 16.3. The molecule has 1 aliphatic carbocycles. The minimum absolute atomic E-state index is 0.395. The van der Waals surface area contributed by atoms with Crippen LogP contribution in [-0.2, 0) is 4.43 Å². The predicted molar refractivity (Wildman–Crippen MR) is 101 cm³/mol. The highest BCUT2D eigenvalue weighted by molar-refractivity contribution is 6.70. The van der Waals surface area contributed by atoms with Crippen LogP contribution in [-0.4, -0.2) is 8.32 Å². The van der Waals surface area contributed by atoms with E-state index in [1.807, 2.05) is 0 Å². The molecule has 0 spiro atoms. The van der Waals surface area contributed by atoms with Crippen LogP contribution in [0.25, 0.3) is 5.57 Å². The van der Waals surface area contributed by atoms with Gasteiger partial charge in [-0.3, -0.25) is 0 Å². The molecule has 0 saturated carbocycles. The third-order valence-electron chi connectivity index (χ3n) is 4.27. The van der Waals surface area contributed by atoms with Gasteiger partial charge in [-0.2, -0.15) is 0 Å². The SMILES string of the molecule is C[Si](C)(C)OC1=C(c2ccccc2)CCC[C@H]1c1ccccc1. The van der Waals surface area contributed by atoms with Gasteiger partial charge >= 0.3 is 0 Å². The highest BCUT2D eigenvalue weighted by Gasteiger charge is 2.30. The summed E-state index contributed by atoms with van der Waals surface area (Å²) < 4.78 is 6.63. The van der Waals surface area contributed by atoms with Crippen LogP contribution >= 0.6 is 0 Å². The molecule has 2 aromatic rings. The lowest BCUT2D eigenvalue weighted by molar-refractivity contribution is 0.360. The summed E-state index contributed by atoms with van der Waals surface area (Å²) in [6.07, 6.45) is 3.52. The molecule has 0 saturated heterocycles. The van der Waals surface area contributed by atoms with Crippen LogP contribution in [0.2, 0.25) is 19.6 Å². The van der Waals surface area contributed by atoms with E-state index in [0.717, 1.165) is 6.42 Å². The molecule has 3 rings (SSSR count). The first-order valence-corrected chi connectivity index (χ1v) is 12.0. The zero-order valence-corrected chi connectivity index (χ0v) is 15.4. The molecule has 0 unspecified atom stereocenters. The van der Waals surface area contributed by atoms with Gasteiger partial charge in [-0.05, 0) is 55.6 Å². The van der Waals surface area contributed by atoms with Gasteiger partial charge in [-0.1, -0.05) is 60.7 Å². The second-order valence-electron chi connectivity index (χ2n) is 7.28. The first-order valence-electron chi connectivity index (χ1n) is 8.57. The van der Waals surface area contributed by atoms with Crippen LogP contribution in [0.15, 0.2) is 66.4 Å². The molecule has 0 aliphatic heterocycles. The molecule has 0 aromatic heterocycles. The Morgan fingerprint density at radius 3 is 2.09 bits per heavy atom. The van der Waals surface area contributed by atoms with Crippen molar-refractivity contribution in [3.63, 3.8) is 0 Å². The van der Waals surface area contributed by atoms with Crippen molar-refractivity contribution in [1.29, 1.82) is 0 Å². The monoisotopic (exact) mass is 322 g/mol. The molecular formula is C21H26OSi. The van der Waals surface area contributed by atoms with Crippen molar-refractivity contribution < 1.29 is 4.43 Å². The maximum absolute atomic E-state index is 6.63. The maximum atomic E-state index is 6.63. The number of hydrogen-bond donors (Lipinski definition) is 0. The van der Waals surface area contributed by atoms with Gasteiger partial charge in [-0.15, -0.1) is 0 Å². The Hall–Kier alpha value is -1.80. The minimum Gasteiger partial charge on any atom is -0.547 e. The van der Waals surface area contributed by atoms with E-state index < -0.39 is 8.32 Å². The Balaban J connectivity index is 2.09. The second kappa shape index (κ2) is 6.75. The van der Waals surface area contributed by atoms with Crippen molar-refractivity contribution in [2.45, 2.75) is 44.8 Å². The Labute approximate surface area is 141 Å². The fourth-order valence-electron chi connectivity index (χ4n) is 3.34. The lowest BCUT2D eigenvalue weighted by atomic mass is 9.81. The Kier molecular flexibility index (Phi) is 4.72. The van der Waals surface area contributed by atoms with Crippen LogP contribution in [0.1, 0.15) is 36.3 Å². The standard InChI is InChI=1S/C21H26OSi/c1-23(2,3)22-21-19(17-11-6-4-7-12-17)15-10-16-20(21)18-13-8-5-9-14-18/h4-9,11-14,19H,10,15-16H2,1-3H3/t19-/m0/s1. The Morgan fingerprint density at radius 2 is 1.48 bits per heavy atom. The zero-order valence-electron chi connectivity index (χ0n) is 14.4. The van der Waals surface area contributed by atoms with Crippen LogP contribution in [0.3, 0.4) is 0 Å². The summed E-state index contributed by atoms with van der Waals surface area (Å²) in [4.78, 5) is 0. The van der Waals surface area contributed by atoms with Gasteiger partial charge in [0, 0.05) is 5.92 Å². The molecule has 2 heteroatoms. The summed E-state index contributed by atoms with van der Waals surface area (Å²) in [5.41, 5.74) is 4.11. The molecule has 23 heavy (non-hydrogen) atoms. The van der Waals surface area contributed by atoms with Crippen molar-refractivity contribution in [2.75, 3.05) is 0 Å². The van der Waals surface area contributed by atoms with E-state index in [0.29, 0.717) is 5.92 Å². The molecule has 120 valence electrons. The average molecular weight is 323 g/mol. The molecule has 1 nitrogen and oxygen atoms in total. The quantitative estimate of drug-likeness (QED) is 0.607. The molecule has 0 amide bonds. The highest BCUT2D eigenvalue weighted by Crippen LogP contribution is 2.43. The maximum Gasteiger partial charge on any atom is 0.241 e. The normalized spacial score (nSPS) is 18.8. The Morgan fingerprint density at radius 1 is 0.870 bits per heavy atom. The molecule has 0 radical (unpaired) electrons. The summed E-state index contributed by atoms with van der Waals surface area (Å²) in [5.74, 6) is 1.62. The molecule has 0 N–H and O–H groups in total. The van der Waals surface area contributed by atoms with Crippen molar-refractivity contribution >= 4 is 13.9 Å².